The summed E-state index contributed by atoms with van der Waals surface area (Å²) in [7, 11) is 3.62. The molecule has 0 amide bonds. The minimum Gasteiger partial charge on any atom is -0.374 e. The van der Waals surface area contributed by atoms with Crippen molar-refractivity contribution in [1.82, 2.24) is 15.2 Å². The molecule has 1 heterocycles. The molecule has 27 heavy (non-hydrogen) atoms. The van der Waals surface area contributed by atoms with Crippen LogP contribution < -0.4 is 10.6 Å². The van der Waals surface area contributed by atoms with Gasteiger partial charge in [-0.25, -0.2) is 0 Å². The third-order valence-corrected chi connectivity index (χ3v) is 4.78. The zero-order valence-corrected chi connectivity index (χ0v) is 19.9. The first-order valence-corrected chi connectivity index (χ1v) is 9.29. The third-order valence-electron chi connectivity index (χ3n) is 3.94. The molecular weight excluding hydrogens is 498 g/mol. The highest BCUT2D eigenvalue weighted by atomic mass is 127. The Bertz CT molecular complexity index is 745. The lowest BCUT2D eigenvalue weighted by atomic mass is 10.1. The lowest BCUT2D eigenvalue weighted by Gasteiger charge is -2.13. The van der Waals surface area contributed by atoms with Gasteiger partial charge in [0.15, 0.2) is 5.96 Å². The molecule has 0 bridgehead atoms. The molecule has 0 spiro atoms. The van der Waals surface area contributed by atoms with E-state index < -0.39 is 0 Å². The molecule has 0 unspecified atom stereocenters. The molecule has 2 rings (SSSR count). The van der Waals surface area contributed by atoms with Crippen LogP contribution in [-0.4, -0.2) is 23.7 Å². The number of halogens is 3. The Labute approximate surface area is 188 Å². The molecule has 5 nitrogen and oxygen atoms in total. The fraction of sp³-hybridized carbons (Fsp3) is 0.421. The van der Waals surface area contributed by atoms with Crippen molar-refractivity contribution in [2.24, 2.45) is 12.0 Å². The lowest BCUT2D eigenvalue weighted by Crippen LogP contribution is -2.36. The fourth-order valence-electron chi connectivity index (χ4n) is 2.36. The first kappa shape index (κ1) is 24.1. The van der Waals surface area contributed by atoms with Crippen LogP contribution in [0.2, 0.25) is 10.2 Å². The maximum Gasteiger partial charge on any atom is 0.191 e. The van der Waals surface area contributed by atoms with Crippen LogP contribution in [-0.2, 0) is 31.5 Å². The molecule has 150 valence electrons. The second kappa shape index (κ2) is 11.8. The van der Waals surface area contributed by atoms with E-state index in [0.717, 1.165) is 5.69 Å². The summed E-state index contributed by atoms with van der Waals surface area (Å²) in [6, 6.07) is 10.2. The molecule has 2 aromatic rings. The van der Waals surface area contributed by atoms with Crippen molar-refractivity contribution in [2.45, 2.75) is 39.6 Å². The van der Waals surface area contributed by atoms with Crippen LogP contribution in [0.5, 0.6) is 0 Å². The van der Waals surface area contributed by atoms with Gasteiger partial charge in [0.25, 0.3) is 0 Å². The fourth-order valence-corrected chi connectivity index (χ4v) is 2.77. The minimum absolute atomic E-state index is 0. The van der Waals surface area contributed by atoms with Crippen molar-refractivity contribution < 1.29 is 4.74 Å². The number of nitrogens with one attached hydrogen (secondary N) is 2. The summed E-state index contributed by atoms with van der Waals surface area (Å²) in [5.41, 5.74) is 3.33. The highest BCUT2D eigenvalue weighted by Gasteiger charge is 2.09. The molecule has 0 fully saturated rings. The largest absolute Gasteiger partial charge is 0.374 e. The van der Waals surface area contributed by atoms with Crippen LogP contribution in [0.1, 0.15) is 30.7 Å². The Morgan fingerprint density at radius 1 is 1.11 bits per heavy atom. The molecule has 0 atom stereocenters. The Hall–Kier alpha value is -0.960. The van der Waals surface area contributed by atoms with Crippen molar-refractivity contribution in [3.05, 3.63) is 57.3 Å². The Kier molecular flexibility index (Phi) is 10.5. The smallest absolute Gasteiger partial charge is 0.191 e. The second-order valence-corrected chi connectivity index (χ2v) is 7.05. The molecule has 0 radical (unpaired) electrons. The van der Waals surface area contributed by atoms with Crippen LogP contribution in [0.4, 0.5) is 0 Å². The van der Waals surface area contributed by atoms with Gasteiger partial charge >= 0.3 is 0 Å². The van der Waals surface area contributed by atoms with Gasteiger partial charge in [-0.2, -0.15) is 0 Å². The number of hydrogen-bond donors (Lipinski definition) is 2. The Balaban J connectivity index is 0.00000364. The molecule has 1 aromatic carbocycles. The Morgan fingerprint density at radius 3 is 2.22 bits per heavy atom. The van der Waals surface area contributed by atoms with Crippen molar-refractivity contribution in [3.63, 3.8) is 0 Å². The van der Waals surface area contributed by atoms with E-state index in [0.29, 0.717) is 35.8 Å². The summed E-state index contributed by atoms with van der Waals surface area (Å²) < 4.78 is 7.46. The number of hydrogen-bond acceptors (Lipinski definition) is 2. The van der Waals surface area contributed by atoms with Crippen molar-refractivity contribution >= 4 is 53.1 Å². The average Bonchev–Trinajstić information content (AvgIpc) is 2.88. The van der Waals surface area contributed by atoms with E-state index in [1.165, 1.54) is 11.1 Å². The van der Waals surface area contributed by atoms with Crippen molar-refractivity contribution in [2.75, 3.05) is 7.05 Å². The van der Waals surface area contributed by atoms with E-state index in [9.17, 15) is 0 Å². The topological polar surface area (TPSA) is 50.6 Å². The van der Waals surface area contributed by atoms with Gasteiger partial charge in [0.2, 0.25) is 0 Å². The summed E-state index contributed by atoms with van der Waals surface area (Å²) >= 11 is 12.1. The number of rotatable bonds is 7. The van der Waals surface area contributed by atoms with Gasteiger partial charge in [-0.05, 0) is 31.0 Å². The van der Waals surface area contributed by atoms with Crippen molar-refractivity contribution in [1.29, 1.82) is 0 Å². The molecule has 0 saturated carbocycles. The molecule has 8 heteroatoms. The van der Waals surface area contributed by atoms with Crippen LogP contribution in [0, 0.1) is 0 Å². The summed E-state index contributed by atoms with van der Waals surface area (Å²) in [5, 5.41) is 7.65. The summed E-state index contributed by atoms with van der Waals surface area (Å²) in [5.74, 6) is 0.714. The van der Waals surface area contributed by atoms with Crippen LogP contribution >= 0.6 is 47.2 Å². The summed E-state index contributed by atoms with van der Waals surface area (Å²) in [4.78, 5) is 4.24. The van der Waals surface area contributed by atoms with E-state index in [2.05, 4.69) is 39.9 Å². The van der Waals surface area contributed by atoms with Gasteiger partial charge in [0.1, 0.15) is 5.15 Å². The van der Waals surface area contributed by atoms with Gasteiger partial charge in [0, 0.05) is 26.3 Å². The van der Waals surface area contributed by atoms with E-state index in [-0.39, 0.29) is 30.1 Å². The quantitative estimate of drug-likeness (QED) is 0.312. The molecular formula is C19H27Cl2IN4O. The summed E-state index contributed by atoms with van der Waals surface area (Å²) in [6.07, 6.45) is 0.236. The predicted octanol–water partition coefficient (Wildman–Crippen LogP) is 4.74. The second-order valence-electron chi connectivity index (χ2n) is 6.29. The van der Waals surface area contributed by atoms with Gasteiger partial charge in [0.05, 0.1) is 24.3 Å². The van der Waals surface area contributed by atoms with Gasteiger partial charge in [-0.1, -0.05) is 47.5 Å². The SMILES string of the molecule is CN=C(NCc1ccc(COC(C)C)cc1)NCc1cc(Cl)c(Cl)n1C.I. The number of guanidine groups is 1. The first-order chi connectivity index (χ1) is 12.4. The minimum atomic E-state index is 0. The van der Waals surface area contributed by atoms with E-state index in [1.54, 1.807) is 7.05 Å². The van der Waals surface area contributed by atoms with Gasteiger partial charge in [-0.15, -0.1) is 24.0 Å². The zero-order chi connectivity index (χ0) is 19.1. The number of nitrogens with zero attached hydrogens (tertiary/aromatic N) is 2. The van der Waals surface area contributed by atoms with Crippen LogP contribution in [0.15, 0.2) is 35.3 Å². The maximum absolute atomic E-state index is 6.09. The van der Waals surface area contributed by atoms with E-state index in [1.807, 2.05) is 31.5 Å². The normalized spacial score (nSPS) is 11.4. The highest BCUT2D eigenvalue weighted by Crippen LogP contribution is 2.24. The number of aromatic nitrogens is 1. The average molecular weight is 525 g/mol. The molecule has 0 aliphatic rings. The maximum atomic E-state index is 6.09. The standard InChI is InChI=1S/C19H26Cl2N4O.HI/c1-13(2)26-12-15-7-5-14(6-8-15)10-23-19(22-3)24-11-16-9-17(20)18(21)25(16)4;/h5-9,13H,10-12H2,1-4H3,(H2,22,23,24);1H. The molecule has 0 aliphatic carbocycles. The summed E-state index contributed by atoms with van der Waals surface area (Å²) in [6.45, 7) is 5.96. The number of ether oxygens (including phenoxy) is 1. The zero-order valence-electron chi connectivity index (χ0n) is 16.1. The van der Waals surface area contributed by atoms with Gasteiger partial charge < -0.3 is 19.9 Å². The third kappa shape index (κ3) is 7.52. The van der Waals surface area contributed by atoms with Gasteiger partial charge in [-0.3, -0.25) is 4.99 Å². The molecule has 2 N–H and O–H groups in total. The van der Waals surface area contributed by atoms with Crippen LogP contribution in [0.3, 0.4) is 0 Å². The molecule has 0 saturated heterocycles. The number of aliphatic imine (C=N–C) groups is 1. The predicted molar refractivity (Wildman–Crippen MR) is 124 cm³/mol. The monoisotopic (exact) mass is 524 g/mol. The van der Waals surface area contributed by atoms with Crippen molar-refractivity contribution in [3.8, 4) is 0 Å². The molecule has 1 aromatic heterocycles. The van der Waals surface area contributed by atoms with E-state index in [4.69, 9.17) is 27.9 Å². The molecule has 0 aliphatic heterocycles. The van der Waals surface area contributed by atoms with E-state index >= 15 is 0 Å². The highest BCUT2D eigenvalue weighted by molar-refractivity contribution is 14.0. The first-order valence-electron chi connectivity index (χ1n) is 8.54. The lowest BCUT2D eigenvalue weighted by molar-refractivity contribution is 0.0657. The Morgan fingerprint density at radius 2 is 1.70 bits per heavy atom. The van der Waals surface area contributed by atoms with Crippen LogP contribution in [0.25, 0.3) is 0 Å². The number of benzene rings is 1.